The van der Waals surface area contributed by atoms with Gasteiger partial charge in [-0.25, -0.2) is 0 Å². The molecule has 0 amide bonds. The maximum atomic E-state index is 10.3. The van der Waals surface area contributed by atoms with Crippen LogP contribution >= 0.6 is 0 Å². The summed E-state index contributed by atoms with van der Waals surface area (Å²) in [7, 11) is 0. The molecule has 2 N–H and O–H groups in total. The van der Waals surface area contributed by atoms with Gasteiger partial charge in [-0.3, -0.25) is 10.1 Å². The van der Waals surface area contributed by atoms with Gasteiger partial charge in [-0.05, 0) is 19.4 Å². The molecule has 0 fully saturated rings. The second-order valence-corrected chi connectivity index (χ2v) is 3.05. The summed E-state index contributed by atoms with van der Waals surface area (Å²) in [6, 6.07) is 6.18. The Bertz CT molecular complexity index is 318. The molecule has 4 nitrogen and oxygen atoms in total. The Balaban J connectivity index is 0.000000583. The summed E-state index contributed by atoms with van der Waals surface area (Å²) in [5, 5.41) is 10.3. The van der Waals surface area contributed by atoms with Gasteiger partial charge >= 0.3 is 0 Å². The Kier molecular flexibility index (Phi) is 5.97. The van der Waals surface area contributed by atoms with E-state index < -0.39 is 4.92 Å². The molecule has 0 saturated carbocycles. The molecule has 0 saturated heterocycles. The van der Waals surface area contributed by atoms with E-state index in [0.717, 1.165) is 5.56 Å². The Hall–Kier alpha value is -1.68. The Morgan fingerprint density at radius 1 is 1.47 bits per heavy atom. The SMILES string of the molecule is C=CC.CC(N)c1ccc([N+](=O)[O-])cc1. The van der Waals surface area contributed by atoms with E-state index in [9.17, 15) is 10.1 Å². The first kappa shape index (κ1) is 13.3. The third kappa shape index (κ3) is 4.93. The predicted octanol–water partition coefficient (Wildman–Crippen LogP) is 2.81. The number of nitrogens with zero attached hydrogens (tertiary/aromatic N) is 1. The van der Waals surface area contributed by atoms with Crippen LogP contribution in [0, 0.1) is 10.1 Å². The van der Waals surface area contributed by atoms with Gasteiger partial charge in [-0.15, -0.1) is 6.58 Å². The molecule has 0 aliphatic carbocycles. The van der Waals surface area contributed by atoms with E-state index in [1.165, 1.54) is 12.1 Å². The van der Waals surface area contributed by atoms with Crippen LogP contribution in [-0.4, -0.2) is 4.92 Å². The summed E-state index contributed by atoms with van der Waals surface area (Å²) < 4.78 is 0. The molecule has 0 aliphatic rings. The van der Waals surface area contributed by atoms with Crippen LogP contribution in [0.5, 0.6) is 0 Å². The Morgan fingerprint density at radius 3 is 2.13 bits per heavy atom. The highest BCUT2D eigenvalue weighted by molar-refractivity contribution is 5.33. The number of nitro groups is 1. The molecule has 1 aromatic rings. The third-order valence-electron chi connectivity index (χ3n) is 1.63. The maximum absolute atomic E-state index is 10.3. The molecule has 0 aliphatic heterocycles. The summed E-state index contributed by atoms with van der Waals surface area (Å²) in [5.74, 6) is 0. The van der Waals surface area contributed by atoms with Crippen molar-refractivity contribution < 1.29 is 4.92 Å². The lowest BCUT2D eigenvalue weighted by Crippen LogP contribution is -2.04. The molecular weight excluding hydrogens is 192 g/mol. The molecule has 4 heteroatoms. The number of hydrogen-bond acceptors (Lipinski definition) is 3. The van der Waals surface area contributed by atoms with Gasteiger partial charge in [0.05, 0.1) is 4.92 Å². The molecule has 1 rings (SSSR count). The number of nitro benzene ring substituents is 1. The average Bonchev–Trinajstić information content (AvgIpc) is 2.19. The largest absolute Gasteiger partial charge is 0.324 e. The molecule has 15 heavy (non-hydrogen) atoms. The van der Waals surface area contributed by atoms with Crippen molar-refractivity contribution in [2.24, 2.45) is 5.73 Å². The zero-order valence-electron chi connectivity index (χ0n) is 9.01. The molecule has 1 aromatic carbocycles. The van der Waals surface area contributed by atoms with Crippen molar-refractivity contribution in [3.05, 3.63) is 52.6 Å². The second-order valence-electron chi connectivity index (χ2n) is 3.05. The summed E-state index contributed by atoms with van der Waals surface area (Å²) in [6.45, 7) is 7.08. The minimum absolute atomic E-state index is 0.0780. The van der Waals surface area contributed by atoms with Gasteiger partial charge in [0.15, 0.2) is 0 Å². The number of allylic oxidation sites excluding steroid dienone is 1. The summed E-state index contributed by atoms with van der Waals surface area (Å²) >= 11 is 0. The highest BCUT2D eigenvalue weighted by atomic mass is 16.6. The van der Waals surface area contributed by atoms with Crippen molar-refractivity contribution in [2.75, 3.05) is 0 Å². The lowest BCUT2D eigenvalue weighted by Gasteiger charge is -2.03. The molecule has 0 heterocycles. The highest BCUT2D eigenvalue weighted by Crippen LogP contribution is 2.15. The smallest absolute Gasteiger partial charge is 0.269 e. The summed E-state index contributed by atoms with van der Waals surface area (Å²) in [5.41, 5.74) is 6.57. The number of non-ortho nitro benzene ring substituents is 1. The van der Waals surface area contributed by atoms with Crippen molar-refractivity contribution in [2.45, 2.75) is 19.9 Å². The van der Waals surface area contributed by atoms with Crippen LogP contribution in [0.4, 0.5) is 5.69 Å². The van der Waals surface area contributed by atoms with Gasteiger partial charge in [-0.1, -0.05) is 18.2 Å². The Labute approximate surface area is 89.6 Å². The van der Waals surface area contributed by atoms with Crippen molar-refractivity contribution in [3.63, 3.8) is 0 Å². The van der Waals surface area contributed by atoms with E-state index in [2.05, 4.69) is 6.58 Å². The van der Waals surface area contributed by atoms with Crippen molar-refractivity contribution in [1.82, 2.24) is 0 Å². The zero-order chi connectivity index (χ0) is 11.8. The first-order chi connectivity index (χ1) is 7.02. The number of hydrogen-bond donors (Lipinski definition) is 1. The van der Waals surface area contributed by atoms with Crippen LogP contribution in [0.3, 0.4) is 0 Å². The molecule has 1 unspecified atom stereocenters. The van der Waals surface area contributed by atoms with E-state index in [1.807, 2.05) is 13.8 Å². The standard InChI is InChI=1S/C8H10N2O2.C3H6/c1-6(9)7-2-4-8(5-3-7)10(11)12;1-3-2/h2-6H,9H2,1H3;3H,1H2,2H3. The molecule has 82 valence electrons. The molecule has 0 radical (unpaired) electrons. The van der Waals surface area contributed by atoms with E-state index in [4.69, 9.17) is 5.73 Å². The monoisotopic (exact) mass is 208 g/mol. The minimum Gasteiger partial charge on any atom is -0.324 e. The fourth-order valence-corrected chi connectivity index (χ4v) is 0.900. The van der Waals surface area contributed by atoms with Crippen LogP contribution in [0.1, 0.15) is 25.5 Å². The highest BCUT2D eigenvalue weighted by Gasteiger charge is 2.05. The van der Waals surface area contributed by atoms with Crippen molar-refractivity contribution >= 4 is 5.69 Å². The molecule has 1 atom stereocenters. The number of benzene rings is 1. The summed E-state index contributed by atoms with van der Waals surface area (Å²) in [6.07, 6.45) is 1.75. The van der Waals surface area contributed by atoms with Gasteiger partial charge in [0, 0.05) is 18.2 Å². The summed E-state index contributed by atoms with van der Waals surface area (Å²) in [4.78, 5) is 9.83. The van der Waals surface area contributed by atoms with Gasteiger partial charge < -0.3 is 5.73 Å². The van der Waals surface area contributed by atoms with E-state index in [1.54, 1.807) is 18.2 Å². The van der Waals surface area contributed by atoms with E-state index in [-0.39, 0.29) is 11.7 Å². The molecule has 0 aromatic heterocycles. The van der Waals surface area contributed by atoms with Crippen LogP contribution in [0.2, 0.25) is 0 Å². The fraction of sp³-hybridized carbons (Fsp3) is 0.273. The van der Waals surface area contributed by atoms with Gasteiger partial charge in [-0.2, -0.15) is 0 Å². The second kappa shape index (κ2) is 6.73. The van der Waals surface area contributed by atoms with Gasteiger partial charge in [0.2, 0.25) is 0 Å². The molecule has 0 bridgehead atoms. The quantitative estimate of drug-likeness (QED) is 0.461. The van der Waals surface area contributed by atoms with Crippen molar-refractivity contribution in [1.29, 1.82) is 0 Å². The van der Waals surface area contributed by atoms with Crippen LogP contribution < -0.4 is 5.73 Å². The van der Waals surface area contributed by atoms with E-state index in [0.29, 0.717) is 0 Å². The first-order valence-corrected chi connectivity index (χ1v) is 4.60. The minimum atomic E-state index is -0.426. The normalized spacial score (nSPS) is 10.9. The fourth-order valence-electron chi connectivity index (χ4n) is 0.900. The first-order valence-electron chi connectivity index (χ1n) is 4.60. The lowest BCUT2D eigenvalue weighted by atomic mass is 10.1. The average molecular weight is 208 g/mol. The molecule has 0 spiro atoms. The topological polar surface area (TPSA) is 69.2 Å². The Morgan fingerprint density at radius 2 is 1.87 bits per heavy atom. The predicted molar refractivity (Wildman–Crippen MR) is 61.6 cm³/mol. The maximum Gasteiger partial charge on any atom is 0.269 e. The zero-order valence-corrected chi connectivity index (χ0v) is 9.01. The number of nitrogens with two attached hydrogens (primary N) is 1. The van der Waals surface area contributed by atoms with Crippen LogP contribution in [0.25, 0.3) is 0 Å². The van der Waals surface area contributed by atoms with Crippen LogP contribution in [-0.2, 0) is 0 Å². The van der Waals surface area contributed by atoms with Gasteiger partial charge in [0.1, 0.15) is 0 Å². The van der Waals surface area contributed by atoms with E-state index >= 15 is 0 Å². The third-order valence-corrected chi connectivity index (χ3v) is 1.63. The number of rotatable bonds is 2. The van der Waals surface area contributed by atoms with Crippen LogP contribution in [0.15, 0.2) is 36.9 Å². The molecular formula is C11H16N2O2. The van der Waals surface area contributed by atoms with Crippen molar-refractivity contribution in [3.8, 4) is 0 Å². The van der Waals surface area contributed by atoms with Gasteiger partial charge in [0.25, 0.3) is 5.69 Å². The lowest BCUT2D eigenvalue weighted by molar-refractivity contribution is -0.384.